The van der Waals surface area contributed by atoms with Crippen LogP contribution in [0.25, 0.3) is 0 Å². The molecule has 0 fully saturated rings. The summed E-state index contributed by atoms with van der Waals surface area (Å²) in [5.41, 5.74) is 0. The molecule has 28 valence electrons. The van der Waals surface area contributed by atoms with Crippen LogP contribution in [0.1, 0.15) is 26.7 Å². The molecule has 0 atom stereocenters. The van der Waals surface area contributed by atoms with Crippen LogP contribution in [0.5, 0.6) is 0 Å². The van der Waals surface area contributed by atoms with Gasteiger partial charge in [-0.1, -0.05) is 26.7 Å². The van der Waals surface area contributed by atoms with E-state index in [2.05, 4.69) is 13.8 Å². The van der Waals surface area contributed by atoms with Crippen LogP contribution >= 0.6 is 0 Å². The molecule has 0 bridgehead atoms. The Balaban J connectivity index is 0. The van der Waals surface area contributed by atoms with Crippen molar-refractivity contribution in [2.45, 2.75) is 26.7 Å². The molecule has 0 aromatic carbocycles. The van der Waals surface area contributed by atoms with E-state index in [9.17, 15) is 0 Å². The topological polar surface area (TPSA) is 0 Å². The average molecular weight is 62.1 g/mol. The molecule has 0 heterocycles. The zero-order valence-corrected chi connectivity index (χ0v) is 4.12. The van der Waals surface area contributed by atoms with Crippen molar-refractivity contribution in [3.8, 4) is 0 Å². The van der Waals surface area contributed by atoms with E-state index < -0.39 is 0 Å². The van der Waals surface area contributed by atoms with Gasteiger partial charge in [-0.25, -0.2) is 0 Å². The van der Waals surface area contributed by atoms with Crippen LogP contribution in [0, 0.1) is 6.15 Å². The number of hydrogen-bond donors (Lipinski definition) is 0. The maximum Gasteiger partial charge on any atom is 0 e. The first-order valence-electron chi connectivity index (χ1n) is 1.91. The third kappa shape index (κ3) is 17.2. The SMILES string of the molecule is CCCC.[He]. The minimum absolute atomic E-state index is 0. The third-order valence-electron chi connectivity index (χ3n) is 0.500. The second kappa shape index (κ2) is 9.08. The van der Waals surface area contributed by atoms with Crippen molar-refractivity contribution < 1.29 is 6.15 Å². The summed E-state index contributed by atoms with van der Waals surface area (Å²) in [4.78, 5) is 0. The molecule has 0 nitrogen and oxygen atoms in total. The molecule has 0 unspecified atom stereocenters. The van der Waals surface area contributed by atoms with Crippen LogP contribution in [-0.4, -0.2) is 0 Å². The predicted octanol–water partition coefficient (Wildman–Crippen LogP) is 1.81. The van der Waals surface area contributed by atoms with Gasteiger partial charge < -0.3 is 0 Å². The van der Waals surface area contributed by atoms with Crippen LogP contribution in [0.2, 0.25) is 0 Å². The Morgan fingerprint density at radius 2 is 1.20 bits per heavy atom. The Morgan fingerprint density at radius 3 is 1.20 bits per heavy atom. The zero-order chi connectivity index (χ0) is 3.41. The largest absolute Gasteiger partial charge is 0.0654 e. The summed E-state index contributed by atoms with van der Waals surface area (Å²) in [6, 6.07) is 0. The van der Waals surface area contributed by atoms with Gasteiger partial charge in [0.1, 0.15) is 0 Å². The zero-order valence-electron chi connectivity index (χ0n) is 4.12. The average Bonchev–Trinajstić information content (AvgIpc) is 1.37. The molecule has 0 radical (unpaired) electrons. The van der Waals surface area contributed by atoms with Crippen molar-refractivity contribution in [2.75, 3.05) is 0 Å². The quantitative estimate of drug-likeness (QED) is 0.434. The molecule has 0 saturated heterocycles. The molecule has 0 aliphatic carbocycles. The standard InChI is InChI=1S/C4H10.He/c1-3-4-2;/h3-4H2,1-2H3;. The fourth-order valence-electron chi connectivity index (χ4n) is 0. The first kappa shape index (κ1) is 8.86. The Kier molecular flexibility index (Phi) is 16.1. The van der Waals surface area contributed by atoms with E-state index in [1.807, 2.05) is 0 Å². The summed E-state index contributed by atoms with van der Waals surface area (Å²) in [6.45, 7) is 4.36. The molecule has 0 aromatic heterocycles. The second-order valence-corrected chi connectivity index (χ2v) is 1.000. The van der Waals surface area contributed by atoms with E-state index in [-0.39, 0.29) is 6.15 Å². The van der Waals surface area contributed by atoms with Gasteiger partial charge in [0, 0.05) is 6.15 Å². The van der Waals surface area contributed by atoms with Gasteiger partial charge in [-0.2, -0.15) is 0 Å². The Morgan fingerprint density at radius 1 is 1.00 bits per heavy atom. The van der Waals surface area contributed by atoms with Crippen LogP contribution in [0.15, 0.2) is 0 Å². The minimum atomic E-state index is 0. The summed E-state index contributed by atoms with van der Waals surface area (Å²) >= 11 is 0. The molecular formula is C4H10He. The molecule has 0 spiro atoms. The van der Waals surface area contributed by atoms with E-state index in [1.165, 1.54) is 12.8 Å². The van der Waals surface area contributed by atoms with Gasteiger partial charge in [-0.15, -0.1) is 0 Å². The molecule has 1 heteroatoms. The molecule has 0 rings (SSSR count). The summed E-state index contributed by atoms with van der Waals surface area (Å²) in [5, 5.41) is 0. The summed E-state index contributed by atoms with van der Waals surface area (Å²) in [7, 11) is 0. The van der Waals surface area contributed by atoms with E-state index in [0.29, 0.717) is 0 Å². The number of rotatable bonds is 1. The Hall–Kier alpha value is -0.0909. The van der Waals surface area contributed by atoms with Gasteiger partial charge in [-0.05, 0) is 0 Å². The fraction of sp³-hybridized carbons (Fsp3) is 1.00. The van der Waals surface area contributed by atoms with E-state index >= 15 is 0 Å². The monoisotopic (exact) mass is 62.1 g/mol. The van der Waals surface area contributed by atoms with Gasteiger partial charge in [0.2, 0.25) is 0 Å². The minimum Gasteiger partial charge on any atom is -0.0654 e. The molecule has 0 aromatic rings. The smallest absolute Gasteiger partial charge is 0 e. The molecule has 0 aliphatic heterocycles. The van der Waals surface area contributed by atoms with Crippen molar-refractivity contribution in [1.29, 1.82) is 0 Å². The van der Waals surface area contributed by atoms with Gasteiger partial charge in [-0.3, -0.25) is 0 Å². The normalized spacial score (nSPS) is 6.00. The molecule has 0 N–H and O–H groups in total. The third-order valence-corrected chi connectivity index (χ3v) is 0.500. The van der Waals surface area contributed by atoms with E-state index in [4.69, 9.17) is 0 Å². The van der Waals surface area contributed by atoms with Crippen LogP contribution in [0.4, 0.5) is 0 Å². The first-order chi connectivity index (χ1) is 1.91. The molecule has 0 saturated carbocycles. The van der Waals surface area contributed by atoms with Crippen molar-refractivity contribution in [1.82, 2.24) is 0 Å². The maximum atomic E-state index is 2.18. The fourth-order valence-corrected chi connectivity index (χ4v) is 0. The molecule has 0 amide bonds. The van der Waals surface area contributed by atoms with Gasteiger partial charge in [0.15, 0.2) is 0 Å². The summed E-state index contributed by atoms with van der Waals surface area (Å²) in [5.74, 6) is 0. The van der Waals surface area contributed by atoms with Crippen LogP contribution in [0.3, 0.4) is 0 Å². The van der Waals surface area contributed by atoms with Gasteiger partial charge in [0.05, 0.1) is 0 Å². The summed E-state index contributed by atoms with van der Waals surface area (Å²) < 4.78 is 0. The number of unbranched alkanes of at least 4 members (excludes halogenated alkanes) is 1. The van der Waals surface area contributed by atoms with Crippen molar-refractivity contribution in [3.63, 3.8) is 0 Å². The van der Waals surface area contributed by atoms with Crippen molar-refractivity contribution in [2.24, 2.45) is 0 Å². The van der Waals surface area contributed by atoms with Crippen molar-refractivity contribution >= 4 is 0 Å². The van der Waals surface area contributed by atoms with Crippen LogP contribution < -0.4 is 0 Å². The molecular weight excluding hydrogens is 52.0 g/mol. The number of hydrogen-bond acceptors (Lipinski definition) is 0. The van der Waals surface area contributed by atoms with Crippen molar-refractivity contribution in [3.05, 3.63) is 0 Å². The van der Waals surface area contributed by atoms with E-state index in [1.54, 1.807) is 0 Å². The van der Waals surface area contributed by atoms with Crippen LogP contribution in [-0.2, 0) is 0 Å². The van der Waals surface area contributed by atoms with Gasteiger partial charge in [0.25, 0.3) is 0 Å². The predicted molar refractivity (Wildman–Crippen MR) is 20.6 cm³/mol. The maximum absolute atomic E-state index is 2.18. The first-order valence-corrected chi connectivity index (χ1v) is 1.91. The van der Waals surface area contributed by atoms with E-state index in [0.717, 1.165) is 0 Å². The molecule has 0 aliphatic rings. The Bertz CT molecular complexity index is 5.61. The molecule has 5 heavy (non-hydrogen) atoms. The summed E-state index contributed by atoms with van der Waals surface area (Å²) in [6.07, 6.45) is 2.64. The van der Waals surface area contributed by atoms with Gasteiger partial charge >= 0.3 is 0 Å². The second-order valence-electron chi connectivity index (χ2n) is 1.000. The Labute approximate surface area is 34.0 Å².